The molecule has 88 valence electrons. The van der Waals surface area contributed by atoms with Crippen molar-refractivity contribution >= 4 is 23.6 Å². The monoisotopic (exact) mass is 235 g/mol. The summed E-state index contributed by atoms with van der Waals surface area (Å²) in [4.78, 5) is 21.2. The van der Waals surface area contributed by atoms with E-state index >= 15 is 0 Å². The van der Waals surface area contributed by atoms with Crippen molar-refractivity contribution in [2.24, 2.45) is 0 Å². The van der Waals surface area contributed by atoms with Crippen LogP contribution in [0.3, 0.4) is 0 Å². The third kappa shape index (κ3) is 9.55. The van der Waals surface area contributed by atoms with Gasteiger partial charge in [0, 0.05) is 6.54 Å². The van der Waals surface area contributed by atoms with Gasteiger partial charge in [-0.05, 0) is 12.8 Å². The van der Waals surface area contributed by atoms with Crippen LogP contribution in [0, 0.1) is 0 Å². The first kappa shape index (κ1) is 14.2. The highest BCUT2D eigenvalue weighted by atomic mass is 32.2. The molecule has 0 bridgehead atoms. The number of carboxylic acid groups (broad SMARTS) is 1. The molecule has 0 aliphatic carbocycles. The van der Waals surface area contributed by atoms with E-state index in [1.165, 1.54) is 0 Å². The number of rotatable bonds is 8. The van der Waals surface area contributed by atoms with Crippen LogP contribution >= 0.6 is 11.8 Å². The topological polar surface area (TPSA) is 86.6 Å². The van der Waals surface area contributed by atoms with Crippen molar-refractivity contribution < 1.29 is 19.8 Å². The van der Waals surface area contributed by atoms with Gasteiger partial charge in [-0.25, -0.2) is 0 Å². The average molecular weight is 235 g/mol. The molecule has 1 amide bonds. The predicted molar refractivity (Wildman–Crippen MR) is 58.9 cm³/mol. The number of amides is 1. The smallest absolute Gasteiger partial charge is 0.313 e. The van der Waals surface area contributed by atoms with Crippen LogP contribution < -0.4 is 5.32 Å². The van der Waals surface area contributed by atoms with E-state index in [-0.39, 0.29) is 23.5 Å². The lowest BCUT2D eigenvalue weighted by Gasteiger charge is -2.08. The van der Waals surface area contributed by atoms with Crippen LogP contribution in [-0.4, -0.2) is 46.2 Å². The normalized spacial score (nSPS) is 12.1. The number of aliphatic hydroxyl groups excluding tert-OH is 1. The maximum absolute atomic E-state index is 11.1. The van der Waals surface area contributed by atoms with Crippen molar-refractivity contribution in [2.45, 2.75) is 25.9 Å². The summed E-state index contributed by atoms with van der Waals surface area (Å²) >= 11 is 1.06. The van der Waals surface area contributed by atoms with Gasteiger partial charge in [0.25, 0.3) is 0 Å². The first-order valence-corrected chi connectivity index (χ1v) is 5.96. The Kier molecular flexibility index (Phi) is 8.12. The van der Waals surface area contributed by atoms with Gasteiger partial charge in [-0.3, -0.25) is 9.59 Å². The molecule has 0 radical (unpaired) electrons. The third-order valence-electron chi connectivity index (χ3n) is 1.73. The van der Waals surface area contributed by atoms with Crippen LogP contribution in [0.1, 0.15) is 19.8 Å². The molecule has 0 aromatic heterocycles. The van der Waals surface area contributed by atoms with Crippen LogP contribution in [0.25, 0.3) is 0 Å². The summed E-state index contributed by atoms with van der Waals surface area (Å²) in [7, 11) is 0. The van der Waals surface area contributed by atoms with Gasteiger partial charge in [0.05, 0.1) is 17.6 Å². The molecule has 0 spiro atoms. The van der Waals surface area contributed by atoms with Crippen molar-refractivity contribution in [3.05, 3.63) is 0 Å². The Labute approximate surface area is 93.2 Å². The summed E-state index contributed by atoms with van der Waals surface area (Å²) < 4.78 is 0. The molecule has 1 atom stereocenters. The molecule has 0 fully saturated rings. The summed E-state index contributed by atoms with van der Waals surface area (Å²) in [5.41, 5.74) is 0. The van der Waals surface area contributed by atoms with Crippen molar-refractivity contribution in [3.8, 4) is 0 Å². The molecule has 3 N–H and O–H groups in total. The summed E-state index contributed by atoms with van der Waals surface area (Å²) in [5, 5.41) is 20.1. The van der Waals surface area contributed by atoms with Crippen LogP contribution in [0.2, 0.25) is 0 Å². The zero-order valence-electron chi connectivity index (χ0n) is 8.73. The largest absolute Gasteiger partial charge is 0.481 e. The van der Waals surface area contributed by atoms with Crippen LogP contribution in [0.4, 0.5) is 0 Å². The molecule has 0 heterocycles. The van der Waals surface area contributed by atoms with E-state index in [0.717, 1.165) is 11.8 Å². The average Bonchev–Trinajstić information content (AvgIpc) is 2.17. The Balaban J connectivity index is 3.37. The van der Waals surface area contributed by atoms with Crippen LogP contribution in [0.5, 0.6) is 0 Å². The van der Waals surface area contributed by atoms with Crippen molar-refractivity contribution in [1.82, 2.24) is 5.32 Å². The number of carbonyl (C=O) groups excluding carboxylic acids is 1. The number of nitrogens with one attached hydrogen (secondary N) is 1. The van der Waals surface area contributed by atoms with E-state index in [4.69, 9.17) is 5.11 Å². The van der Waals surface area contributed by atoms with Gasteiger partial charge >= 0.3 is 5.97 Å². The fraction of sp³-hybridized carbons (Fsp3) is 0.778. The van der Waals surface area contributed by atoms with Gasteiger partial charge in [-0.1, -0.05) is 6.92 Å². The lowest BCUT2D eigenvalue weighted by molar-refractivity contribution is -0.133. The Bertz CT molecular complexity index is 210. The van der Waals surface area contributed by atoms with Crippen molar-refractivity contribution in [3.63, 3.8) is 0 Å². The molecule has 6 heteroatoms. The van der Waals surface area contributed by atoms with Crippen LogP contribution in [-0.2, 0) is 9.59 Å². The first-order valence-electron chi connectivity index (χ1n) is 4.80. The van der Waals surface area contributed by atoms with Crippen molar-refractivity contribution in [1.29, 1.82) is 0 Å². The van der Waals surface area contributed by atoms with E-state index < -0.39 is 5.97 Å². The maximum Gasteiger partial charge on any atom is 0.313 e. The van der Waals surface area contributed by atoms with Gasteiger partial charge < -0.3 is 15.5 Å². The fourth-order valence-corrected chi connectivity index (χ4v) is 1.43. The quantitative estimate of drug-likeness (QED) is 0.554. The second-order valence-corrected chi connectivity index (χ2v) is 4.07. The number of aliphatic hydroxyl groups is 1. The number of carboxylic acids is 1. The lowest BCUT2D eigenvalue weighted by atomic mass is 10.2. The number of hydrogen-bond acceptors (Lipinski definition) is 4. The van der Waals surface area contributed by atoms with E-state index in [1.54, 1.807) is 0 Å². The molecule has 0 aromatic rings. The molecule has 0 saturated carbocycles. The number of thioether (sulfide) groups is 1. The summed E-state index contributed by atoms with van der Waals surface area (Å²) in [6.45, 7) is 2.30. The molecule has 5 nitrogen and oxygen atoms in total. The first-order chi connectivity index (χ1) is 7.06. The van der Waals surface area contributed by atoms with Crippen molar-refractivity contribution in [2.75, 3.05) is 18.1 Å². The lowest BCUT2D eigenvalue weighted by Crippen LogP contribution is -2.28. The highest BCUT2D eigenvalue weighted by Crippen LogP contribution is 1.99. The molecule has 0 saturated heterocycles. The second kappa shape index (κ2) is 8.55. The summed E-state index contributed by atoms with van der Waals surface area (Å²) in [5.74, 6) is -1.03. The van der Waals surface area contributed by atoms with E-state index in [0.29, 0.717) is 19.4 Å². The molecular weight excluding hydrogens is 218 g/mol. The third-order valence-corrected chi connectivity index (χ3v) is 2.65. The Hall–Kier alpha value is -0.750. The zero-order valence-corrected chi connectivity index (χ0v) is 9.55. The predicted octanol–water partition coefficient (Wildman–Crippen LogP) is 0.0814. The molecule has 15 heavy (non-hydrogen) atoms. The standard InChI is InChI=1S/C9H17NO4S/c1-2-7(11)3-4-10-8(12)5-15-6-9(13)14/h7,11H,2-6H2,1H3,(H,10,12)(H,13,14). The second-order valence-electron chi connectivity index (χ2n) is 3.09. The highest BCUT2D eigenvalue weighted by molar-refractivity contribution is 8.00. The van der Waals surface area contributed by atoms with Gasteiger partial charge in [-0.15, -0.1) is 11.8 Å². The van der Waals surface area contributed by atoms with Gasteiger partial charge in [0.15, 0.2) is 0 Å². The summed E-state index contributed by atoms with van der Waals surface area (Å²) in [6, 6.07) is 0. The van der Waals surface area contributed by atoms with Crippen LogP contribution in [0.15, 0.2) is 0 Å². The maximum atomic E-state index is 11.1. The minimum atomic E-state index is -0.922. The Morgan fingerprint density at radius 3 is 2.60 bits per heavy atom. The minimum Gasteiger partial charge on any atom is -0.481 e. The highest BCUT2D eigenvalue weighted by Gasteiger charge is 2.05. The zero-order chi connectivity index (χ0) is 11.7. The van der Waals surface area contributed by atoms with E-state index in [2.05, 4.69) is 5.32 Å². The van der Waals surface area contributed by atoms with E-state index in [1.807, 2.05) is 6.92 Å². The Morgan fingerprint density at radius 1 is 1.40 bits per heavy atom. The SMILES string of the molecule is CCC(O)CCNC(=O)CSCC(=O)O. The number of carbonyl (C=O) groups is 2. The molecular formula is C9H17NO4S. The number of hydrogen-bond donors (Lipinski definition) is 3. The molecule has 0 rings (SSSR count). The fourth-order valence-electron chi connectivity index (χ4n) is 0.864. The summed E-state index contributed by atoms with van der Waals surface area (Å²) in [6.07, 6.45) is 0.826. The van der Waals surface area contributed by atoms with Gasteiger partial charge in [-0.2, -0.15) is 0 Å². The molecule has 0 aliphatic rings. The number of aliphatic carboxylic acids is 1. The van der Waals surface area contributed by atoms with E-state index in [9.17, 15) is 14.7 Å². The van der Waals surface area contributed by atoms with Gasteiger partial charge in [0.2, 0.25) is 5.91 Å². The molecule has 0 aromatic carbocycles. The molecule has 0 aliphatic heterocycles. The van der Waals surface area contributed by atoms with Gasteiger partial charge in [0.1, 0.15) is 0 Å². The minimum absolute atomic E-state index is 0.0645. The Morgan fingerprint density at radius 2 is 2.07 bits per heavy atom. The molecule has 1 unspecified atom stereocenters.